The number of nitrogens with zero attached hydrogens (tertiary/aromatic N) is 1. The highest BCUT2D eigenvalue weighted by atomic mass is 16.5. The number of para-hydroxylation sites is 1. The van der Waals surface area contributed by atoms with E-state index in [9.17, 15) is 14.4 Å². The molecule has 1 saturated carbocycles. The number of benzene rings is 1. The predicted molar refractivity (Wildman–Crippen MR) is 134 cm³/mol. The Hall–Kier alpha value is -2.67. The molecule has 1 aromatic carbocycles. The van der Waals surface area contributed by atoms with Crippen LogP contribution in [0.5, 0.6) is 0 Å². The minimum atomic E-state index is -1.20. The van der Waals surface area contributed by atoms with Crippen molar-refractivity contribution in [1.29, 1.82) is 0 Å². The van der Waals surface area contributed by atoms with Crippen molar-refractivity contribution in [2.24, 2.45) is 17.8 Å². The highest BCUT2D eigenvalue weighted by molar-refractivity contribution is 6.10. The molecule has 5 rings (SSSR count). The van der Waals surface area contributed by atoms with Gasteiger partial charge >= 0.3 is 0 Å². The summed E-state index contributed by atoms with van der Waals surface area (Å²) in [6.07, 6.45) is 8.06. The number of nitrogens with one attached hydrogen (secondary N) is 2. The van der Waals surface area contributed by atoms with E-state index in [4.69, 9.17) is 4.74 Å². The zero-order valence-electron chi connectivity index (χ0n) is 21.3. The van der Waals surface area contributed by atoms with Crippen LogP contribution in [0.15, 0.2) is 42.5 Å². The molecule has 0 radical (unpaired) electrons. The first-order chi connectivity index (χ1) is 16.5. The van der Waals surface area contributed by atoms with Crippen molar-refractivity contribution in [2.45, 2.75) is 89.1 Å². The third-order valence-corrected chi connectivity index (χ3v) is 8.20. The molecule has 3 aliphatic heterocycles. The molecule has 0 unspecified atom stereocenters. The highest BCUT2D eigenvalue weighted by Gasteiger charge is 2.76. The Kier molecular flexibility index (Phi) is 5.62. The maximum absolute atomic E-state index is 14.1. The second kappa shape index (κ2) is 8.19. The molecule has 7 atom stereocenters. The molecule has 1 aromatic rings. The summed E-state index contributed by atoms with van der Waals surface area (Å²) in [5.41, 5.74) is -2.00. The number of amides is 3. The lowest BCUT2D eigenvalue weighted by atomic mass is 9.70. The second-order valence-electron chi connectivity index (χ2n) is 12.0. The minimum Gasteiger partial charge on any atom is -0.356 e. The number of anilines is 1. The summed E-state index contributed by atoms with van der Waals surface area (Å²) in [7, 11) is 0. The average molecular weight is 480 g/mol. The molecule has 3 amide bonds. The number of hydrogen-bond acceptors (Lipinski definition) is 4. The van der Waals surface area contributed by atoms with E-state index < -0.39 is 34.6 Å². The van der Waals surface area contributed by atoms with Gasteiger partial charge in [0.1, 0.15) is 11.6 Å². The first-order valence-electron chi connectivity index (χ1n) is 12.9. The van der Waals surface area contributed by atoms with Gasteiger partial charge in [0.2, 0.25) is 17.7 Å². The smallest absolute Gasteiger partial charge is 0.246 e. The van der Waals surface area contributed by atoms with Gasteiger partial charge in [-0.2, -0.15) is 0 Å². The van der Waals surface area contributed by atoms with Crippen LogP contribution >= 0.6 is 0 Å². The second-order valence-corrected chi connectivity index (χ2v) is 12.0. The summed E-state index contributed by atoms with van der Waals surface area (Å²) in [6, 6.07) is 8.39. The van der Waals surface area contributed by atoms with Crippen molar-refractivity contribution < 1.29 is 19.1 Å². The van der Waals surface area contributed by atoms with Gasteiger partial charge in [-0.25, -0.2) is 0 Å². The van der Waals surface area contributed by atoms with E-state index in [1.165, 1.54) is 6.42 Å². The van der Waals surface area contributed by atoms with Crippen LogP contribution < -0.4 is 15.5 Å². The van der Waals surface area contributed by atoms with Crippen molar-refractivity contribution >= 4 is 23.4 Å². The SMILES string of the molecule is C[C@@H]1CCCC[C@@H]1NC(=O)[C@@H]1[C@@H]2C(=O)N(c3ccccc3)[C@@H](C(=O)NC(C)(C)C)[C@@]23C=C[C@@]1(C)O3. The lowest BCUT2D eigenvalue weighted by molar-refractivity contribution is -0.135. The molecular formula is C28H37N3O4. The van der Waals surface area contributed by atoms with Crippen LogP contribution in [0.1, 0.15) is 60.3 Å². The number of carbonyl (C=O) groups excluding carboxylic acids is 3. The van der Waals surface area contributed by atoms with Crippen molar-refractivity contribution in [1.82, 2.24) is 10.6 Å². The lowest BCUT2D eigenvalue weighted by Crippen LogP contribution is -2.58. The van der Waals surface area contributed by atoms with Gasteiger partial charge in [-0.05, 0) is 58.6 Å². The molecule has 7 nitrogen and oxygen atoms in total. The third-order valence-electron chi connectivity index (χ3n) is 8.20. The van der Waals surface area contributed by atoms with Gasteiger partial charge in [-0.1, -0.05) is 50.1 Å². The lowest BCUT2D eigenvalue weighted by Gasteiger charge is -2.35. The molecule has 188 valence electrons. The van der Waals surface area contributed by atoms with Gasteiger partial charge in [0.05, 0.1) is 17.4 Å². The van der Waals surface area contributed by atoms with Crippen LogP contribution in [0.25, 0.3) is 0 Å². The van der Waals surface area contributed by atoms with Crippen LogP contribution in [0.3, 0.4) is 0 Å². The van der Waals surface area contributed by atoms with Gasteiger partial charge in [0.25, 0.3) is 0 Å². The predicted octanol–water partition coefficient (Wildman–Crippen LogP) is 3.34. The Morgan fingerprint density at radius 3 is 2.40 bits per heavy atom. The van der Waals surface area contributed by atoms with E-state index in [1.807, 2.05) is 70.2 Å². The summed E-state index contributed by atoms with van der Waals surface area (Å²) in [6.45, 7) is 9.78. The normalized spacial score (nSPS) is 37.9. The molecule has 0 aromatic heterocycles. The number of carbonyl (C=O) groups is 3. The standard InChI is InChI=1S/C28H37N3O4/c1-17-11-9-10-14-19(17)29-23(32)20-21-25(34)31(18-12-7-6-8-13-18)22(24(33)30-26(2,3)4)28(21)16-15-27(20,5)35-28/h6-8,12-13,15-17,19-22H,9-11,14H2,1-5H3,(H,29,32)(H,30,33)/t17-,19+,20+,21-,22+,27-,28-/m1/s1. The van der Waals surface area contributed by atoms with E-state index in [1.54, 1.807) is 4.90 Å². The largest absolute Gasteiger partial charge is 0.356 e. The summed E-state index contributed by atoms with van der Waals surface area (Å²) in [5, 5.41) is 6.32. The van der Waals surface area contributed by atoms with Crippen LogP contribution in [-0.4, -0.2) is 46.5 Å². The molecule has 1 aliphatic carbocycles. The fourth-order valence-corrected chi connectivity index (χ4v) is 6.64. The molecule has 2 N–H and O–H groups in total. The molecule has 7 heteroatoms. The van der Waals surface area contributed by atoms with Crippen LogP contribution in [-0.2, 0) is 19.1 Å². The van der Waals surface area contributed by atoms with E-state index in [0.717, 1.165) is 19.3 Å². The van der Waals surface area contributed by atoms with Crippen molar-refractivity contribution in [3.05, 3.63) is 42.5 Å². The van der Waals surface area contributed by atoms with Crippen molar-refractivity contribution in [3.63, 3.8) is 0 Å². The maximum atomic E-state index is 14.1. The molecule has 2 bridgehead atoms. The third kappa shape index (κ3) is 3.79. The monoisotopic (exact) mass is 479 g/mol. The minimum absolute atomic E-state index is 0.0978. The summed E-state index contributed by atoms with van der Waals surface area (Å²) >= 11 is 0. The zero-order valence-corrected chi connectivity index (χ0v) is 21.3. The van der Waals surface area contributed by atoms with Crippen LogP contribution in [0.2, 0.25) is 0 Å². The number of hydrogen-bond donors (Lipinski definition) is 2. The quantitative estimate of drug-likeness (QED) is 0.649. The van der Waals surface area contributed by atoms with E-state index in [0.29, 0.717) is 11.6 Å². The highest BCUT2D eigenvalue weighted by Crippen LogP contribution is 2.60. The van der Waals surface area contributed by atoms with Crippen molar-refractivity contribution in [2.75, 3.05) is 4.90 Å². The molecule has 35 heavy (non-hydrogen) atoms. The van der Waals surface area contributed by atoms with Gasteiger partial charge in [-0.3, -0.25) is 19.3 Å². The first kappa shape index (κ1) is 24.0. The molecule has 2 saturated heterocycles. The van der Waals surface area contributed by atoms with E-state index >= 15 is 0 Å². The number of fused-ring (bicyclic) bond motifs is 1. The van der Waals surface area contributed by atoms with Crippen LogP contribution in [0.4, 0.5) is 5.69 Å². The summed E-state index contributed by atoms with van der Waals surface area (Å²) in [5.74, 6) is -1.75. The molecular weight excluding hydrogens is 442 g/mol. The Morgan fingerprint density at radius 1 is 1.06 bits per heavy atom. The number of rotatable bonds is 4. The van der Waals surface area contributed by atoms with Gasteiger partial charge in [0, 0.05) is 17.3 Å². The van der Waals surface area contributed by atoms with Gasteiger partial charge < -0.3 is 15.4 Å². The average Bonchev–Trinajstić information content (AvgIpc) is 3.35. The van der Waals surface area contributed by atoms with E-state index in [-0.39, 0.29) is 23.8 Å². The fraction of sp³-hybridized carbons (Fsp3) is 0.607. The Balaban J connectivity index is 1.54. The van der Waals surface area contributed by atoms with E-state index in [2.05, 4.69) is 17.6 Å². The molecule has 1 spiro atoms. The van der Waals surface area contributed by atoms with Gasteiger partial charge in [-0.15, -0.1) is 0 Å². The Labute approximate surface area is 207 Å². The van der Waals surface area contributed by atoms with Crippen LogP contribution in [0, 0.1) is 17.8 Å². The summed E-state index contributed by atoms with van der Waals surface area (Å²) < 4.78 is 6.60. The zero-order chi connectivity index (χ0) is 25.2. The molecule has 4 aliphatic rings. The fourth-order valence-electron chi connectivity index (χ4n) is 6.64. The Bertz CT molecular complexity index is 1060. The van der Waals surface area contributed by atoms with Gasteiger partial charge in [0.15, 0.2) is 0 Å². The Morgan fingerprint density at radius 2 is 1.74 bits per heavy atom. The topological polar surface area (TPSA) is 87.7 Å². The molecule has 3 fully saturated rings. The molecule has 3 heterocycles. The number of ether oxygens (including phenoxy) is 1. The maximum Gasteiger partial charge on any atom is 0.246 e. The summed E-state index contributed by atoms with van der Waals surface area (Å²) in [4.78, 5) is 43.2. The first-order valence-corrected chi connectivity index (χ1v) is 12.9. The van der Waals surface area contributed by atoms with Crippen molar-refractivity contribution in [3.8, 4) is 0 Å².